The van der Waals surface area contributed by atoms with Crippen molar-refractivity contribution in [1.82, 2.24) is 10.2 Å². The Hall–Kier alpha value is -3.27. The van der Waals surface area contributed by atoms with E-state index in [1.54, 1.807) is 13.0 Å². The molecule has 2 heterocycles. The van der Waals surface area contributed by atoms with E-state index in [9.17, 15) is 27.2 Å². The van der Waals surface area contributed by atoms with Gasteiger partial charge in [-0.3, -0.25) is 24.4 Å². The molecule has 0 radical (unpaired) electrons. The number of hydrogen-bond acceptors (Lipinski definition) is 5. The number of fused-ring (bicyclic) bond motifs is 1. The highest BCUT2D eigenvalue weighted by Gasteiger charge is 2.39. The molecule has 2 N–H and O–H groups in total. The summed E-state index contributed by atoms with van der Waals surface area (Å²) in [6.45, 7) is 1.83. The maximum absolute atomic E-state index is 14.0. The van der Waals surface area contributed by atoms with Crippen molar-refractivity contribution in [1.29, 1.82) is 0 Å². The zero-order valence-corrected chi connectivity index (χ0v) is 16.8. The molecule has 0 bridgehead atoms. The number of nitrogens with zero attached hydrogens (tertiary/aromatic N) is 1. The molecule has 1 saturated heterocycles. The second kappa shape index (κ2) is 7.21. The molecule has 1 atom stereocenters. The van der Waals surface area contributed by atoms with E-state index in [-0.39, 0.29) is 36.5 Å². The molecule has 1 fully saturated rings. The molecule has 0 spiro atoms. The van der Waals surface area contributed by atoms with Crippen molar-refractivity contribution in [3.63, 3.8) is 0 Å². The average Bonchev–Trinajstić information content (AvgIpc) is 2.99. The highest BCUT2D eigenvalue weighted by atomic mass is 32.2. The van der Waals surface area contributed by atoms with Gasteiger partial charge in [-0.1, -0.05) is 12.1 Å². The van der Waals surface area contributed by atoms with Crippen LogP contribution in [0.4, 0.5) is 10.1 Å². The molecular formula is C20H18FN3O5S. The lowest BCUT2D eigenvalue weighted by Gasteiger charge is -2.29. The number of anilines is 1. The quantitative estimate of drug-likeness (QED) is 0.716. The first-order valence-corrected chi connectivity index (χ1v) is 10.7. The predicted octanol–water partition coefficient (Wildman–Crippen LogP) is 1.70. The number of halogens is 1. The van der Waals surface area contributed by atoms with Gasteiger partial charge in [0.2, 0.25) is 11.8 Å². The van der Waals surface area contributed by atoms with E-state index in [2.05, 4.69) is 10.0 Å². The molecule has 1 unspecified atom stereocenters. The van der Waals surface area contributed by atoms with Crippen LogP contribution in [0, 0.1) is 12.7 Å². The van der Waals surface area contributed by atoms with Crippen LogP contribution in [0.25, 0.3) is 0 Å². The van der Waals surface area contributed by atoms with Crippen molar-refractivity contribution < 1.29 is 27.2 Å². The first kappa shape index (κ1) is 20.0. The van der Waals surface area contributed by atoms with E-state index in [0.717, 1.165) is 6.07 Å². The van der Waals surface area contributed by atoms with Gasteiger partial charge in [-0.2, -0.15) is 0 Å². The van der Waals surface area contributed by atoms with Crippen LogP contribution in [0.15, 0.2) is 41.3 Å². The second-order valence-corrected chi connectivity index (χ2v) is 8.96. The normalized spacial score (nSPS) is 18.9. The number of aryl methyl sites for hydroxylation is 1. The van der Waals surface area contributed by atoms with Crippen molar-refractivity contribution >= 4 is 33.4 Å². The van der Waals surface area contributed by atoms with Crippen LogP contribution in [-0.2, 0) is 26.2 Å². The highest BCUT2D eigenvalue weighted by molar-refractivity contribution is 7.92. The number of carbonyl (C=O) groups excluding carboxylic acids is 3. The topological polar surface area (TPSA) is 113 Å². The Morgan fingerprint density at radius 3 is 2.63 bits per heavy atom. The van der Waals surface area contributed by atoms with Crippen molar-refractivity contribution in [3.8, 4) is 0 Å². The zero-order chi connectivity index (χ0) is 21.6. The average molecular weight is 431 g/mol. The van der Waals surface area contributed by atoms with Crippen LogP contribution >= 0.6 is 0 Å². The fraction of sp³-hybridized carbons (Fsp3) is 0.250. The molecule has 2 aromatic carbocycles. The molecule has 10 heteroatoms. The van der Waals surface area contributed by atoms with E-state index < -0.39 is 38.6 Å². The van der Waals surface area contributed by atoms with Crippen molar-refractivity contribution in [2.24, 2.45) is 0 Å². The van der Waals surface area contributed by atoms with E-state index >= 15 is 0 Å². The van der Waals surface area contributed by atoms with Gasteiger partial charge >= 0.3 is 0 Å². The number of benzene rings is 2. The standard InChI is InChI=1S/C20H18FN3O5S/c1-11-2-5-15(21)17(8-11)30(28,29)23-13-4-3-12-10-24(20(27)14(12)9-13)16-6-7-18(25)22-19(16)26/h2-5,8-9,16,23H,6-7,10H2,1H3,(H,22,25,26). The molecule has 8 nitrogen and oxygen atoms in total. The fourth-order valence-electron chi connectivity index (χ4n) is 3.64. The Morgan fingerprint density at radius 1 is 1.13 bits per heavy atom. The molecule has 2 aliphatic heterocycles. The Bertz CT molecular complexity index is 1190. The summed E-state index contributed by atoms with van der Waals surface area (Å²) >= 11 is 0. The first-order valence-electron chi connectivity index (χ1n) is 9.22. The van der Waals surface area contributed by atoms with Gasteiger partial charge in [0.1, 0.15) is 16.8 Å². The Morgan fingerprint density at radius 2 is 1.90 bits per heavy atom. The molecule has 0 aromatic heterocycles. The molecule has 156 valence electrons. The Balaban J connectivity index is 1.59. The van der Waals surface area contributed by atoms with E-state index in [1.807, 2.05) is 0 Å². The molecule has 3 amide bonds. The lowest BCUT2D eigenvalue weighted by molar-refractivity contribution is -0.136. The van der Waals surface area contributed by atoms with Crippen LogP contribution in [0.5, 0.6) is 0 Å². The monoisotopic (exact) mass is 431 g/mol. The predicted molar refractivity (Wildman–Crippen MR) is 104 cm³/mol. The molecule has 2 aliphatic rings. The largest absolute Gasteiger partial charge is 0.322 e. The highest BCUT2D eigenvalue weighted by Crippen LogP contribution is 2.30. The summed E-state index contributed by atoms with van der Waals surface area (Å²) in [7, 11) is -4.20. The molecule has 2 aromatic rings. The first-order chi connectivity index (χ1) is 14.2. The summed E-state index contributed by atoms with van der Waals surface area (Å²) in [5, 5.41) is 2.23. The Labute approximate surface area is 172 Å². The number of rotatable bonds is 4. The number of nitrogens with one attached hydrogen (secondary N) is 2. The van der Waals surface area contributed by atoms with Crippen LogP contribution in [0.2, 0.25) is 0 Å². The molecule has 0 aliphatic carbocycles. The van der Waals surface area contributed by atoms with E-state index in [4.69, 9.17) is 0 Å². The maximum Gasteiger partial charge on any atom is 0.264 e. The second-order valence-electron chi connectivity index (χ2n) is 7.31. The molecule has 0 saturated carbocycles. The number of sulfonamides is 1. The lowest BCUT2D eigenvalue weighted by Crippen LogP contribution is -2.52. The number of carbonyl (C=O) groups is 3. The molecular weight excluding hydrogens is 413 g/mol. The minimum Gasteiger partial charge on any atom is -0.322 e. The summed E-state index contributed by atoms with van der Waals surface area (Å²) in [5.74, 6) is -2.21. The van der Waals surface area contributed by atoms with Crippen LogP contribution < -0.4 is 10.0 Å². The minimum absolute atomic E-state index is 0.105. The fourth-order valence-corrected chi connectivity index (χ4v) is 4.86. The van der Waals surface area contributed by atoms with Gasteiger partial charge < -0.3 is 4.90 Å². The summed E-state index contributed by atoms with van der Waals surface area (Å²) in [6.07, 6.45) is 0.375. The van der Waals surface area contributed by atoms with Gasteiger partial charge in [0, 0.05) is 24.2 Å². The lowest BCUT2D eigenvalue weighted by atomic mass is 10.0. The third kappa shape index (κ3) is 3.54. The number of piperidine rings is 1. The number of imide groups is 1. The van der Waals surface area contributed by atoms with Gasteiger partial charge in [0.05, 0.1) is 0 Å². The summed E-state index contributed by atoms with van der Waals surface area (Å²) in [5.41, 5.74) is 1.58. The van der Waals surface area contributed by atoms with Gasteiger partial charge in [-0.15, -0.1) is 0 Å². The molecule has 4 rings (SSSR count). The smallest absolute Gasteiger partial charge is 0.264 e. The van der Waals surface area contributed by atoms with Crippen molar-refractivity contribution in [2.75, 3.05) is 4.72 Å². The van der Waals surface area contributed by atoms with E-state index in [0.29, 0.717) is 11.1 Å². The number of amides is 3. The van der Waals surface area contributed by atoms with Crippen LogP contribution in [0.3, 0.4) is 0 Å². The number of hydrogen-bond donors (Lipinski definition) is 2. The van der Waals surface area contributed by atoms with Gasteiger partial charge in [0.25, 0.3) is 15.9 Å². The minimum atomic E-state index is -4.20. The van der Waals surface area contributed by atoms with Crippen LogP contribution in [-0.4, -0.2) is 37.1 Å². The zero-order valence-electron chi connectivity index (χ0n) is 15.9. The third-order valence-electron chi connectivity index (χ3n) is 5.16. The van der Waals surface area contributed by atoms with Crippen molar-refractivity contribution in [2.45, 2.75) is 37.2 Å². The summed E-state index contributed by atoms with van der Waals surface area (Å²) in [4.78, 5) is 37.2. The SMILES string of the molecule is Cc1ccc(F)c(S(=O)(=O)Nc2ccc3c(c2)C(=O)N(C2CCC(=O)NC2=O)C3)c1. The maximum atomic E-state index is 14.0. The van der Waals surface area contributed by atoms with Crippen LogP contribution in [0.1, 0.15) is 34.3 Å². The van der Waals surface area contributed by atoms with Gasteiger partial charge in [-0.25, -0.2) is 12.8 Å². The van der Waals surface area contributed by atoms with Gasteiger partial charge in [-0.05, 0) is 48.7 Å². The molecule has 30 heavy (non-hydrogen) atoms. The van der Waals surface area contributed by atoms with E-state index in [1.165, 1.54) is 29.2 Å². The summed E-state index contributed by atoms with van der Waals surface area (Å²) < 4.78 is 41.5. The van der Waals surface area contributed by atoms with Gasteiger partial charge in [0.15, 0.2) is 0 Å². The summed E-state index contributed by atoms with van der Waals surface area (Å²) in [6, 6.07) is 7.44. The van der Waals surface area contributed by atoms with Crippen molar-refractivity contribution in [3.05, 3.63) is 58.9 Å². The Kier molecular flexibility index (Phi) is 4.81. The third-order valence-corrected chi connectivity index (χ3v) is 6.55.